The van der Waals surface area contributed by atoms with Crippen molar-refractivity contribution in [3.63, 3.8) is 0 Å². The molecule has 0 saturated carbocycles. The lowest BCUT2D eigenvalue weighted by atomic mass is 10.2. The quantitative estimate of drug-likeness (QED) is 0.857. The van der Waals surface area contributed by atoms with Crippen LogP contribution in [0.2, 0.25) is 5.02 Å². The van der Waals surface area contributed by atoms with E-state index in [4.69, 9.17) is 31.5 Å². The molecule has 0 aliphatic heterocycles. The molecule has 0 amide bonds. The summed E-state index contributed by atoms with van der Waals surface area (Å²) in [7, 11) is 3.19. The van der Waals surface area contributed by atoms with Gasteiger partial charge >= 0.3 is 0 Å². The first-order valence-corrected chi connectivity index (χ1v) is 6.40. The molecule has 2 rings (SSSR count). The number of methoxy groups -OCH3 is 2. The number of hydrogen-bond acceptors (Lipinski definition) is 4. The smallest absolute Gasteiger partial charge is 0.127 e. The zero-order chi connectivity index (χ0) is 14.5. The van der Waals surface area contributed by atoms with Crippen molar-refractivity contribution in [3.8, 4) is 17.2 Å². The number of benzene rings is 2. The molecule has 0 heterocycles. The molecule has 2 N–H and O–H groups in total. The number of nitrogen functional groups attached to an aromatic ring is 1. The van der Waals surface area contributed by atoms with Gasteiger partial charge in [0.2, 0.25) is 0 Å². The zero-order valence-electron chi connectivity index (χ0n) is 11.4. The first kappa shape index (κ1) is 14.3. The van der Waals surface area contributed by atoms with Gasteiger partial charge in [-0.15, -0.1) is 0 Å². The summed E-state index contributed by atoms with van der Waals surface area (Å²) >= 11 is 6.10. The molecule has 2 aromatic carbocycles. The second-order valence-electron chi connectivity index (χ2n) is 4.19. The van der Waals surface area contributed by atoms with Crippen molar-refractivity contribution in [1.29, 1.82) is 0 Å². The maximum absolute atomic E-state index is 6.10. The van der Waals surface area contributed by atoms with Crippen molar-refractivity contribution >= 4 is 17.3 Å². The van der Waals surface area contributed by atoms with Crippen molar-refractivity contribution in [2.75, 3.05) is 20.0 Å². The summed E-state index contributed by atoms with van der Waals surface area (Å²) in [5.74, 6) is 1.99. The molecular formula is C15H16ClNO3. The number of hydrogen-bond donors (Lipinski definition) is 1. The lowest BCUT2D eigenvalue weighted by Crippen LogP contribution is -1.98. The van der Waals surface area contributed by atoms with Crippen LogP contribution in [-0.2, 0) is 6.61 Å². The Bertz CT molecular complexity index is 579. The van der Waals surface area contributed by atoms with Crippen LogP contribution in [0.4, 0.5) is 5.69 Å². The van der Waals surface area contributed by atoms with E-state index < -0.39 is 0 Å². The van der Waals surface area contributed by atoms with Gasteiger partial charge in [-0.25, -0.2) is 0 Å². The Morgan fingerprint density at radius 3 is 2.10 bits per heavy atom. The third-order valence-electron chi connectivity index (χ3n) is 2.80. The molecule has 5 heteroatoms. The molecule has 0 bridgehead atoms. The fourth-order valence-electron chi connectivity index (χ4n) is 1.71. The number of halogens is 1. The topological polar surface area (TPSA) is 53.7 Å². The van der Waals surface area contributed by atoms with E-state index in [1.54, 1.807) is 44.6 Å². The number of nitrogens with two attached hydrogens (primary N) is 1. The number of anilines is 1. The third kappa shape index (κ3) is 3.48. The molecule has 106 valence electrons. The van der Waals surface area contributed by atoms with E-state index in [0.29, 0.717) is 34.6 Å². The first-order valence-electron chi connectivity index (χ1n) is 6.02. The highest BCUT2D eigenvalue weighted by molar-refractivity contribution is 6.31. The Morgan fingerprint density at radius 2 is 1.55 bits per heavy atom. The van der Waals surface area contributed by atoms with Crippen molar-refractivity contribution in [3.05, 3.63) is 47.0 Å². The van der Waals surface area contributed by atoms with Gasteiger partial charge in [0.1, 0.15) is 23.9 Å². The van der Waals surface area contributed by atoms with Crippen LogP contribution in [0.3, 0.4) is 0 Å². The van der Waals surface area contributed by atoms with Crippen LogP contribution < -0.4 is 19.9 Å². The van der Waals surface area contributed by atoms with Crippen LogP contribution in [0.1, 0.15) is 5.56 Å². The van der Waals surface area contributed by atoms with Crippen LogP contribution in [0.15, 0.2) is 36.4 Å². The zero-order valence-corrected chi connectivity index (χ0v) is 12.1. The Balaban J connectivity index is 2.13. The Morgan fingerprint density at radius 1 is 0.950 bits per heavy atom. The van der Waals surface area contributed by atoms with Gasteiger partial charge in [-0.2, -0.15) is 0 Å². The molecule has 20 heavy (non-hydrogen) atoms. The number of ether oxygens (including phenoxy) is 3. The Kier molecular flexibility index (Phi) is 4.58. The lowest BCUT2D eigenvalue weighted by molar-refractivity contribution is 0.300. The highest BCUT2D eigenvalue weighted by Crippen LogP contribution is 2.28. The third-order valence-corrected chi connectivity index (χ3v) is 3.15. The molecule has 0 aliphatic carbocycles. The van der Waals surface area contributed by atoms with E-state index in [9.17, 15) is 0 Å². The van der Waals surface area contributed by atoms with E-state index in [0.717, 1.165) is 5.56 Å². The van der Waals surface area contributed by atoms with Gasteiger partial charge < -0.3 is 19.9 Å². The van der Waals surface area contributed by atoms with Gasteiger partial charge in [0.25, 0.3) is 0 Å². The summed E-state index contributed by atoms with van der Waals surface area (Å²) in [6.07, 6.45) is 0. The van der Waals surface area contributed by atoms with Gasteiger partial charge in [0.15, 0.2) is 0 Å². The second kappa shape index (κ2) is 6.39. The lowest BCUT2D eigenvalue weighted by Gasteiger charge is -2.11. The average molecular weight is 294 g/mol. The number of rotatable bonds is 5. The van der Waals surface area contributed by atoms with Crippen molar-refractivity contribution < 1.29 is 14.2 Å². The van der Waals surface area contributed by atoms with Gasteiger partial charge in [-0.3, -0.25) is 0 Å². The molecule has 0 aliphatic rings. The molecule has 0 fully saturated rings. The minimum atomic E-state index is 0.343. The summed E-state index contributed by atoms with van der Waals surface area (Å²) in [5, 5.41) is 0.583. The molecule has 0 atom stereocenters. The molecule has 2 aromatic rings. The van der Waals surface area contributed by atoms with Crippen LogP contribution in [0.25, 0.3) is 0 Å². The maximum atomic E-state index is 6.10. The minimum absolute atomic E-state index is 0.343. The van der Waals surface area contributed by atoms with Crippen LogP contribution in [0.5, 0.6) is 17.2 Å². The van der Waals surface area contributed by atoms with Crippen LogP contribution >= 0.6 is 11.6 Å². The van der Waals surface area contributed by atoms with E-state index in [-0.39, 0.29) is 0 Å². The Labute approximate surface area is 123 Å². The maximum Gasteiger partial charge on any atom is 0.127 e. The summed E-state index contributed by atoms with van der Waals surface area (Å²) in [5.41, 5.74) is 7.14. The first-order chi connectivity index (χ1) is 9.62. The van der Waals surface area contributed by atoms with Crippen molar-refractivity contribution in [2.45, 2.75) is 6.61 Å². The molecule has 0 spiro atoms. The van der Waals surface area contributed by atoms with Crippen molar-refractivity contribution in [2.24, 2.45) is 0 Å². The minimum Gasteiger partial charge on any atom is -0.496 e. The summed E-state index contributed by atoms with van der Waals surface area (Å²) in [6.45, 7) is 0.343. The van der Waals surface area contributed by atoms with Gasteiger partial charge in [0, 0.05) is 34.5 Å². The summed E-state index contributed by atoms with van der Waals surface area (Å²) in [4.78, 5) is 0. The molecule has 4 nitrogen and oxygen atoms in total. The highest BCUT2D eigenvalue weighted by Gasteiger charge is 2.05. The molecular weight excluding hydrogens is 278 g/mol. The monoisotopic (exact) mass is 293 g/mol. The predicted molar refractivity (Wildman–Crippen MR) is 79.7 cm³/mol. The fourth-order valence-corrected chi connectivity index (χ4v) is 1.95. The standard InChI is InChI=1S/C15H16ClNO3/c1-18-12-6-13(19-2)8-14(7-12)20-9-10-3-4-11(17)5-15(10)16/h3-8H,9,17H2,1-2H3. The second-order valence-corrected chi connectivity index (χ2v) is 4.60. The van der Waals surface area contributed by atoms with Gasteiger partial charge in [-0.05, 0) is 12.1 Å². The van der Waals surface area contributed by atoms with Crippen LogP contribution in [0, 0.1) is 0 Å². The average Bonchev–Trinajstić information content (AvgIpc) is 2.46. The summed E-state index contributed by atoms with van der Waals surface area (Å²) < 4.78 is 16.1. The van der Waals surface area contributed by atoms with Gasteiger partial charge in [0.05, 0.1) is 14.2 Å². The van der Waals surface area contributed by atoms with Crippen LogP contribution in [-0.4, -0.2) is 14.2 Å². The van der Waals surface area contributed by atoms with E-state index >= 15 is 0 Å². The highest BCUT2D eigenvalue weighted by atomic mass is 35.5. The molecule has 0 aromatic heterocycles. The fraction of sp³-hybridized carbons (Fsp3) is 0.200. The van der Waals surface area contributed by atoms with Gasteiger partial charge in [-0.1, -0.05) is 17.7 Å². The van der Waals surface area contributed by atoms with E-state index in [2.05, 4.69) is 0 Å². The normalized spacial score (nSPS) is 10.2. The molecule has 0 radical (unpaired) electrons. The SMILES string of the molecule is COc1cc(OC)cc(OCc2ccc(N)cc2Cl)c1. The largest absolute Gasteiger partial charge is 0.496 e. The summed E-state index contributed by atoms with van der Waals surface area (Å²) in [6, 6.07) is 10.7. The van der Waals surface area contributed by atoms with Crippen molar-refractivity contribution in [1.82, 2.24) is 0 Å². The van der Waals surface area contributed by atoms with E-state index in [1.807, 2.05) is 6.07 Å². The van der Waals surface area contributed by atoms with E-state index in [1.165, 1.54) is 0 Å². The predicted octanol–water partition coefficient (Wildman–Crippen LogP) is 3.52. The molecule has 0 saturated heterocycles. The Hall–Kier alpha value is -2.07. The molecule has 0 unspecified atom stereocenters.